The van der Waals surface area contributed by atoms with E-state index in [0.717, 1.165) is 34.2 Å². The van der Waals surface area contributed by atoms with Crippen LogP contribution in [0.15, 0.2) is 5.38 Å². The van der Waals surface area contributed by atoms with Crippen LogP contribution in [0.25, 0.3) is 10.6 Å². The van der Waals surface area contributed by atoms with Crippen LogP contribution in [0.2, 0.25) is 0 Å². The van der Waals surface area contributed by atoms with E-state index in [2.05, 4.69) is 10.4 Å². The highest BCUT2D eigenvalue weighted by molar-refractivity contribution is 7.16. The van der Waals surface area contributed by atoms with Crippen molar-refractivity contribution in [3.8, 4) is 10.6 Å². The van der Waals surface area contributed by atoms with Crippen molar-refractivity contribution in [1.82, 2.24) is 9.97 Å². The number of nitrogens with two attached hydrogens (primary N) is 1. The molecule has 1 aliphatic rings. The van der Waals surface area contributed by atoms with Crippen LogP contribution < -0.4 is 5.73 Å². The van der Waals surface area contributed by atoms with Crippen LogP contribution in [-0.4, -0.2) is 9.97 Å². The molecule has 2 aromatic rings. The Bertz CT molecular complexity index is 565. The molecule has 1 aliphatic carbocycles. The molecule has 0 aliphatic heterocycles. The third-order valence-electron chi connectivity index (χ3n) is 3.56. The highest BCUT2D eigenvalue weighted by atomic mass is 32.1. The van der Waals surface area contributed by atoms with Crippen molar-refractivity contribution in [3.05, 3.63) is 21.1 Å². The lowest BCUT2D eigenvalue weighted by atomic mass is 10.0. The van der Waals surface area contributed by atoms with E-state index in [1.807, 2.05) is 13.8 Å². The second kappa shape index (κ2) is 4.40. The van der Waals surface area contributed by atoms with Gasteiger partial charge in [-0.3, -0.25) is 0 Å². The van der Waals surface area contributed by atoms with Gasteiger partial charge in [0.25, 0.3) is 0 Å². The van der Waals surface area contributed by atoms with Gasteiger partial charge in [-0.15, -0.1) is 22.7 Å². The standard InChI is InChI=1S/C13H17N3S2/c1-8-11(18-9(2)15-8)10-7-17-12(16-10)13(14)5-3-4-6-13/h7H,3-6,14H2,1-2H3. The van der Waals surface area contributed by atoms with Crippen LogP contribution >= 0.6 is 22.7 Å². The Morgan fingerprint density at radius 3 is 2.56 bits per heavy atom. The molecule has 2 heterocycles. The van der Waals surface area contributed by atoms with Gasteiger partial charge >= 0.3 is 0 Å². The number of aryl methyl sites for hydroxylation is 2. The number of hydrogen-bond acceptors (Lipinski definition) is 5. The Hall–Kier alpha value is -0.780. The molecule has 2 N–H and O–H groups in total. The maximum absolute atomic E-state index is 6.45. The molecule has 2 aromatic heterocycles. The van der Waals surface area contributed by atoms with Crippen LogP contribution in [0.4, 0.5) is 0 Å². The number of hydrogen-bond donors (Lipinski definition) is 1. The molecule has 18 heavy (non-hydrogen) atoms. The van der Waals surface area contributed by atoms with Crippen molar-refractivity contribution in [2.24, 2.45) is 5.73 Å². The third-order valence-corrected chi connectivity index (χ3v) is 5.72. The van der Waals surface area contributed by atoms with Gasteiger partial charge in [-0.25, -0.2) is 9.97 Å². The Morgan fingerprint density at radius 2 is 1.94 bits per heavy atom. The molecule has 0 amide bonds. The molecule has 1 saturated carbocycles. The first-order valence-corrected chi connectivity index (χ1v) is 7.97. The van der Waals surface area contributed by atoms with E-state index in [1.165, 1.54) is 17.7 Å². The molecular formula is C13H17N3S2. The first-order chi connectivity index (χ1) is 8.58. The second-order valence-corrected chi connectivity index (χ2v) is 7.11. The van der Waals surface area contributed by atoms with Crippen LogP contribution in [0.1, 0.15) is 41.4 Å². The monoisotopic (exact) mass is 279 g/mol. The van der Waals surface area contributed by atoms with E-state index >= 15 is 0 Å². The summed E-state index contributed by atoms with van der Waals surface area (Å²) in [5.41, 5.74) is 8.41. The van der Waals surface area contributed by atoms with Gasteiger partial charge in [0.15, 0.2) is 0 Å². The summed E-state index contributed by atoms with van der Waals surface area (Å²) >= 11 is 3.42. The van der Waals surface area contributed by atoms with E-state index < -0.39 is 0 Å². The molecule has 0 atom stereocenters. The molecular weight excluding hydrogens is 262 g/mol. The van der Waals surface area contributed by atoms with Crippen LogP contribution in [0.5, 0.6) is 0 Å². The highest BCUT2D eigenvalue weighted by Gasteiger charge is 2.34. The topological polar surface area (TPSA) is 51.8 Å². The Balaban J connectivity index is 1.96. The molecule has 0 saturated heterocycles. The van der Waals surface area contributed by atoms with Crippen LogP contribution in [0.3, 0.4) is 0 Å². The summed E-state index contributed by atoms with van der Waals surface area (Å²) in [5, 5.41) is 4.32. The molecule has 1 fully saturated rings. The molecule has 5 heteroatoms. The van der Waals surface area contributed by atoms with Crippen molar-refractivity contribution in [3.63, 3.8) is 0 Å². The van der Waals surface area contributed by atoms with Crippen molar-refractivity contribution >= 4 is 22.7 Å². The molecule has 0 radical (unpaired) electrons. The summed E-state index contributed by atoms with van der Waals surface area (Å²) in [5.74, 6) is 0. The molecule has 96 valence electrons. The molecule has 3 rings (SSSR count). The summed E-state index contributed by atoms with van der Waals surface area (Å²) in [6.45, 7) is 4.08. The van der Waals surface area contributed by atoms with Gasteiger partial charge in [0.05, 0.1) is 26.8 Å². The lowest BCUT2D eigenvalue weighted by Crippen LogP contribution is -2.32. The summed E-state index contributed by atoms with van der Waals surface area (Å²) in [6.07, 6.45) is 4.59. The number of thiazole rings is 2. The van der Waals surface area contributed by atoms with Gasteiger partial charge in [0, 0.05) is 5.38 Å². The van der Waals surface area contributed by atoms with Crippen molar-refractivity contribution in [1.29, 1.82) is 0 Å². The van der Waals surface area contributed by atoms with Crippen LogP contribution in [0, 0.1) is 13.8 Å². The zero-order chi connectivity index (χ0) is 12.8. The van der Waals surface area contributed by atoms with E-state index in [0.29, 0.717) is 0 Å². The lowest BCUT2D eigenvalue weighted by molar-refractivity contribution is 0.459. The maximum atomic E-state index is 6.45. The Kier molecular flexibility index (Phi) is 3.00. The molecule has 0 unspecified atom stereocenters. The number of aromatic nitrogens is 2. The fraction of sp³-hybridized carbons (Fsp3) is 0.538. The Morgan fingerprint density at radius 1 is 1.22 bits per heavy atom. The summed E-state index contributed by atoms with van der Waals surface area (Å²) in [6, 6.07) is 0. The van der Waals surface area contributed by atoms with Gasteiger partial charge in [0.2, 0.25) is 0 Å². The second-order valence-electron chi connectivity index (χ2n) is 5.05. The van der Waals surface area contributed by atoms with E-state index in [-0.39, 0.29) is 5.54 Å². The molecule has 0 bridgehead atoms. The average Bonchev–Trinajstić information content (AvgIpc) is 2.99. The highest BCUT2D eigenvalue weighted by Crippen LogP contribution is 2.40. The zero-order valence-corrected chi connectivity index (χ0v) is 12.3. The molecule has 0 spiro atoms. The summed E-state index contributed by atoms with van der Waals surface area (Å²) in [7, 11) is 0. The van der Waals surface area contributed by atoms with Crippen LogP contribution in [-0.2, 0) is 5.54 Å². The smallest absolute Gasteiger partial charge is 0.113 e. The number of rotatable bonds is 2. The fourth-order valence-electron chi connectivity index (χ4n) is 2.60. The third kappa shape index (κ3) is 2.00. The van der Waals surface area contributed by atoms with E-state index in [4.69, 9.17) is 10.7 Å². The average molecular weight is 279 g/mol. The lowest BCUT2D eigenvalue weighted by Gasteiger charge is -2.19. The predicted octanol–water partition coefficient (Wildman–Crippen LogP) is 3.61. The molecule has 3 nitrogen and oxygen atoms in total. The van der Waals surface area contributed by atoms with Gasteiger partial charge in [-0.2, -0.15) is 0 Å². The van der Waals surface area contributed by atoms with Crippen molar-refractivity contribution < 1.29 is 0 Å². The SMILES string of the molecule is Cc1nc(C)c(-c2csc(C3(N)CCCC3)n2)s1. The van der Waals surface area contributed by atoms with Gasteiger partial charge < -0.3 is 5.73 Å². The van der Waals surface area contributed by atoms with Gasteiger partial charge in [-0.1, -0.05) is 12.8 Å². The Labute approximate surface area is 115 Å². The molecule has 0 aromatic carbocycles. The fourth-order valence-corrected chi connectivity index (χ4v) is 4.53. The van der Waals surface area contributed by atoms with E-state index in [9.17, 15) is 0 Å². The van der Waals surface area contributed by atoms with E-state index in [1.54, 1.807) is 22.7 Å². The quantitative estimate of drug-likeness (QED) is 0.913. The number of nitrogens with zero attached hydrogens (tertiary/aromatic N) is 2. The first-order valence-electron chi connectivity index (χ1n) is 6.28. The summed E-state index contributed by atoms with van der Waals surface area (Å²) < 4.78 is 0. The first kappa shape index (κ1) is 12.3. The van der Waals surface area contributed by atoms with Gasteiger partial charge in [0.1, 0.15) is 5.01 Å². The minimum Gasteiger partial charge on any atom is -0.319 e. The van der Waals surface area contributed by atoms with Gasteiger partial charge in [-0.05, 0) is 26.7 Å². The largest absolute Gasteiger partial charge is 0.319 e. The summed E-state index contributed by atoms with van der Waals surface area (Å²) in [4.78, 5) is 10.4. The van der Waals surface area contributed by atoms with Crippen molar-refractivity contribution in [2.75, 3.05) is 0 Å². The minimum absolute atomic E-state index is 0.170. The minimum atomic E-state index is -0.170. The maximum Gasteiger partial charge on any atom is 0.113 e. The van der Waals surface area contributed by atoms with Crippen molar-refractivity contribution in [2.45, 2.75) is 45.1 Å². The predicted molar refractivity (Wildman–Crippen MR) is 77.0 cm³/mol. The normalized spacial score (nSPS) is 18.4. The zero-order valence-electron chi connectivity index (χ0n) is 10.7.